The number of hydrogen-bond acceptors (Lipinski definition) is 3. The van der Waals surface area contributed by atoms with Gasteiger partial charge in [0, 0.05) is 11.3 Å². The molecule has 0 aliphatic heterocycles. The van der Waals surface area contributed by atoms with Gasteiger partial charge in [0.1, 0.15) is 12.4 Å². The number of ether oxygens (including phenoxy) is 1. The van der Waals surface area contributed by atoms with Crippen molar-refractivity contribution in [2.45, 2.75) is 52.2 Å². The van der Waals surface area contributed by atoms with Crippen molar-refractivity contribution in [2.24, 2.45) is 0 Å². The zero-order valence-corrected chi connectivity index (χ0v) is 19.7. The summed E-state index contributed by atoms with van der Waals surface area (Å²) in [6.07, 6.45) is 3.33. The lowest BCUT2D eigenvalue weighted by Gasteiger charge is -2.33. The van der Waals surface area contributed by atoms with E-state index in [1.165, 1.54) is 16.7 Å². The van der Waals surface area contributed by atoms with Gasteiger partial charge in [0.15, 0.2) is 0 Å². The summed E-state index contributed by atoms with van der Waals surface area (Å²) in [5, 5.41) is 12.7. The van der Waals surface area contributed by atoms with E-state index in [0.717, 1.165) is 29.0 Å². The molecule has 0 radical (unpaired) electrons. The van der Waals surface area contributed by atoms with E-state index in [1.807, 2.05) is 18.2 Å². The highest BCUT2D eigenvalue weighted by atomic mass is 16.5. The van der Waals surface area contributed by atoms with Crippen LogP contribution in [0.2, 0.25) is 0 Å². The average Bonchev–Trinajstić information content (AvgIpc) is 2.81. The highest BCUT2D eigenvalue weighted by Crippen LogP contribution is 2.43. The van der Waals surface area contributed by atoms with Gasteiger partial charge in [0.05, 0.1) is 11.6 Å². The van der Waals surface area contributed by atoms with Crippen molar-refractivity contribution < 1.29 is 14.6 Å². The summed E-state index contributed by atoms with van der Waals surface area (Å²) in [6.45, 7) is 9.34. The van der Waals surface area contributed by atoms with Crippen molar-refractivity contribution >= 4 is 17.2 Å². The molecule has 1 aliphatic carbocycles. The number of benzene rings is 3. The third kappa shape index (κ3) is 4.95. The van der Waals surface area contributed by atoms with E-state index in [4.69, 9.17) is 9.84 Å². The lowest BCUT2D eigenvalue weighted by molar-refractivity contribution is 0.0697. The van der Waals surface area contributed by atoms with E-state index in [-0.39, 0.29) is 17.0 Å². The zero-order chi connectivity index (χ0) is 23.6. The minimum absolute atomic E-state index is 0.0328. The summed E-state index contributed by atoms with van der Waals surface area (Å²) >= 11 is 0. The molecule has 3 aromatic carbocycles. The first-order valence-corrected chi connectivity index (χ1v) is 11.4. The molecule has 4 rings (SSSR count). The van der Waals surface area contributed by atoms with Gasteiger partial charge < -0.3 is 15.2 Å². The van der Waals surface area contributed by atoms with Crippen molar-refractivity contribution in [3.05, 3.63) is 101 Å². The molecule has 0 bridgehead atoms. The molecule has 3 aromatic rings. The standard InChI is InChI=1S/C29H31NO3/c1-19-14-15-29(3,4)26-17-27(33-18-21-8-6-5-7-9-21)25(16-24(19)26)20(2)30-23-12-10-22(11-13-23)28(31)32/h5-14,16-17,20,30H,15,18H2,1-4H3,(H,31,32). The second kappa shape index (κ2) is 9.14. The molecule has 1 unspecified atom stereocenters. The molecule has 0 spiro atoms. The van der Waals surface area contributed by atoms with Gasteiger partial charge >= 0.3 is 5.97 Å². The van der Waals surface area contributed by atoms with Crippen LogP contribution >= 0.6 is 0 Å². The number of anilines is 1. The molecular formula is C29H31NO3. The third-order valence-electron chi connectivity index (χ3n) is 6.44. The number of fused-ring (bicyclic) bond motifs is 1. The number of carboxylic acid groups (broad SMARTS) is 1. The molecule has 0 saturated carbocycles. The minimum Gasteiger partial charge on any atom is -0.489 e. The number of aromatic carboxylic acids is 1. The van der Waals surface area contributed by atoms with Crippen LogP contribution in [0.5, 0.6) is 5.75 Å². The highest BCUT2D eigenvalue weighted by Gasteiger charge is 2.29. The quantitative estimate of drug-likeness (QED) is 0.406. The molecule has 4 nitrogen and oxygen atoms in total. The summed E-state index contributed by atoms with van der Waals surface area (Å²) in [7, 11) is 0. The first kappa shape index (κ1) is 22.7. The molecule has 33 heavy (non-hydrogen) atoms. The number of carbonyl (C=O) groups is 1. The molecule has 170 valence electrons. The van der Waals surface area contributed by atoms with Crippen molar-refractivity contribution in [2.75, 3.05) is 5.32 Å². The number of nitrogens with one attached hydrogen (secondary N) is 1. The van der Waals surface area contributed by atoms with E-state index < -0.39 is 5.97 Å². The summed E-state index contributed by atoms with van der Waals surface area (Å²) in [4.78, 5) is 11.2. The van der Waals surface area contributed by atoms with Crippen molar-refractivity contribution in [3.8, 4) is 5.75 Å². The molecule has 1 aliphatic rings. The fourth-order valence-electron chi connectivity index (χ4n) is 4.35. The van der Waals surface area contributed by atoms with E-state index in [2.05, 4.69) is 63.4 Å². The minimum atomic E-state index is -0.925. The van der Waals surface area contributed by atoms with Gasteiger partial charge in [0.25, 0.3) is 0 Å². The Kier molecular flexibility index (Phi) is 6.28. The van der Waals surface area contributed by atoms with Crippen LogP contribution in [-0.4, -0.2) is 11.1 Å². The topological polar surface area (TPSA) is 58.6 Å². The Morgan fingerprint density at radius 1 is 1.09 bits per heavy atom. The largest absolute Gasteiger partial charge is 0.489 e. The van der Waals surface area contributed by atoms with E-state index in [0.29, 0.717) is 6.61 Å². The number of rotatable bonds is 7. The Morgan fingerprint density at radius 2 is 1.79 bits per heavy atom. The van der Waals surface area contributed by atoms with Gasteiger partial charge in [-0.05, 0) is 84.3 Å². The Morgan fingerprint density at radius 3 is 2.45 bits per heavy atom. The second-order valence-electron chi connectivity index (χ2n) is 9.43. The van der Waals surface area contributed by atoms with Gasteiger partial charge in [-0.1, -0.05) is 50.3 Å². The smallest absolute Gasteiger partial charge is 0.335 e. The van der Waals surface area contributed by atoms with Gasteiger partial charge in [-0.2, -0.15) is 0 Å². The first-order chi connectivity index (χ1) is 15.7. The third-order valence-corrected chi connectivity index (χ3v) is 6.44. The van der Waals surface area contributed by atoms with Gasteiger partial charge in [-0.15, -0.1) is 0 Å². The summed E-state index contributed by atoms with van der Waals surface area (Å²) in [5.74, 6) is -0.0479. The molecular weight excluding hydrogens is 410 g/mol. The van der Waals surface area contributed by atoms with Crippen molar-refractivity contribution in [3.63, 3.8) is 0 Å². The van der Waals surface area contributed by atoms with Crippen LogP contribution in [0.3, 0.4) is 0 Å². The molecule has 1 atom stereocenters. The van der Waals surface area contributed by atoms with Crippen LogP contribution in [-0.2, 0) is 12.0 Å². The van der Waals surface area contributed by atoms with Gasteiger partial charge in [-0.3, -0.25) is 0 Å². The monoisotopic (exact) mass is 441 g/mol. The molecule has 0 heterocycles. The fourth-order valence-corrected chi connectivity index (χ4v) is 4.35. The van der Waals surface area contributed by atoms with E-state index >= 15 is 0 Å². The first-order valence-electron chi connectivity index (χ1n) is 11.4. The van der Waals surface area contributed by atoms with E-state index in [9.17, 15) is 4.79 Å². The molecule has 0 aromatic heterocycles. The molecule has 4 heteroatoms. The lowest BCUT2D eigenvalue weighted by Crippen LogP contribution is -2.22. The summed E-state index contributed by atoms with van der Waals surface area (Å²) in [5.41, 5.74) is 7.26. The average molecular weight is 442 g/mol. The molecule has 0 saturated heterocycles. The Hall–Kier alpha value is -3.53. The Bertz CT molecular complexity index is 1180. The SMILES string of the molecule is CC1=CCC(C)(C)c2cc(OCc3ccccc3)c(C(C)Nc3ccc(C(=O)O)cc3)cc21. The fraction of sp³-hybridized carbons (Fsp3) is 0.276. The predicted octanol–water partition coefficient (Wildman–Crippen LogP) is 7.22. The van der Waals surface area contributed by atoms with E-state index in [1.54, 1.807) is 24.3 Å². The van der Waals surface area contributed by atoms with Crippen LogP contribution in [0.1, 0.15) is 72.8 Å². The Balaban J connectivity index is 1.69. The van der Waals surface area contributed by atoms with Crippen LogP contribution < -0.4 is 10.1 Å². The van der Waals surface area contributed by atoms with Gasteiger partial charge in [-0.25, -0.2) is 4.79 Å². The lowest BCUT2D eigenvalue weighted by atomic mass is 9.73. The Labute approximate surface area is 195 Å². The zero-order valence-electron chi connectivity index (χ0n) is 19.7. The highest BCUT2D eigenvalue weighted by molar-refractivity contribution is 5.88. The molecule has 0 amide bonds. The van der Waals surface area contributed by atoms with Crippen LogP contribution in [0, 0.1) is 0 Å². The number of hydrogen-bond donors (Lipinski definition) is 2. The summed E-state index contributed by atoms with van der Waals surface area (Å²) < 4.78 is 6.39. The number of allylic oxidation sites excluding steroid dienone is 2. The normalized spacial score (nSPS) is 15.2. The maximum absolute atomic E-state index is 11.2. The van der Waals surface area contributed by atoms with Crippen molar-refractivity contribution in [1.82, 2.24) is 0 Å². The molecule has 0 fully saturated rings. The molecule has 2 N–H and O–H groups in total. The number of carboxylic acids is 1. The van der Waals surface area contributed by atoms with Crippen molar-refractivity contribution in [1.29, 1.82) is 0 Å². The summed E-state index contributed by atoms with van der Waals surface area (Å²) in [6, 6.07) is 21.5. The second-order valence-corrected chi connectivity index (χ2v) is 9.43. The maximum Gasteiger partial charge on any atom is 0.335 e. The predicted molar refractivity (Wildman–Crippen MR) is 134 cm³/mol. The van der Waals surface area contributed by atoms with Gasteiger partial charge in [0.2, 0.25) is 0 Å². The van der Waals surface area contributed by atoms with Crippen LogP contribution in [0.25, 0.3) is 5.57 Å². The maximum atomic E-state index is 11.2. The van der Waals surface area contributed by atoms with Crippen LogP contribution in [0.15, 0.2) is 72.8 Å². The van der Waals surface area contributed by atoms with Crippen LogP contribution in [0.4, 0.5) is 5.69 Å².